The lowest BCUT2D eigenvalue weighted by atomic mass is 10.4. The van der Waals surface area contributed by atoms with E-state index in [-0.39, 0.29) is 11.8 Å². The van der Waals surface area contributed by atoms with E-state index in [1.54, 1.807) is 0 Å². The van der Waals surface area contributed by atoms with Crippen molar-refractivity contribution in [3.8, 4) is 0 Å². The number of nitrogen functional groups attached to an aromatic ring is 2. The number of hydrogen-bond acceptors (Lipinski definition) is 5. The molecule has 1 aliphatic heterocycles. The fourth-order valence-corrected chi connectivity index (χ4v) is 1.81. The molecule has 0 spiro atoms. The van der Waals surface area contributed by atoms with Crippen LogP contribution in [0.5, 0.6) is 0 Å². The minimum atomic E-state index is 0.175. The van der Waals surface area contributed by atoms with Gasteiger partial charge in [0.2, 0.25) is 5.95 Å². The number of rotatable bonds is 1. The number of anilines is 3. The van der Waals surface area contributed by atoms with Crippen LogP contribution in [0.15, 0.2) is 0 Å². The molecule has 0 amide bonds. The molecule has 0 unspecified atom stereocenters. The molecule has 1 aromatic rings. The molecule has 4 N–H and O–H groups in total. The maximum Gasteiger partial charge on any atom is 0.224 e. The van der Waals surface area contributed by atoms with E-state index in [1.807, 2.05) is 0 Å². The minimum Gasteiger partial charge on any atom is -0.382 e. The SMILES string of the molecule is Nc1nc(N)c(Cl)c(N2CCCC2)n1. The van der Waals surface area contributed by atoms with Crippen LogP contribution in [-0.4, -0.2) is 23.1 Å². The Kier molecular flexibility index (Phi) is 2.33. The van der Waals surface area contributed by atoms with Gasteiger partial charge >= 0.3 is 0 Å². The van der Waals surface area contributed by atoms with Gasteiger partial charge in [-0.05, 0) is 12.8 Å². The molecule has 1 saturated heterocycles. The third kappa shape index (κ3) is 1.55. The van der Waals surface area contributed by atoms with E-state index in [1.165, 1.54) is 0 Å². The molecule has 76 valence electrons. The lowest BCUT2D eigenvalue weighted by Gasteiger charge is -2.18. The fourth-order valence-electron chi connectivity index (χ4n) is 1.61. The molecular formula is C8H12ClN5. The Bertz CT molecular complexity index is 348. The van der Waals surface area contributed by atoms with Gasteiger partial charge in [0.05, 0.1) is 0 Å². The summed E-state index contributed by atoms with van der Waals surface area (Å²) in [7, 11) is 0. The normalized spacial score (nSPS) is 16.2. The first-order valence-corrected chi connectivity index (χ1v) is 4.89. The van der Waals surface area contributed by atoms with Crippen molar-refractivity contribution in [2.75, 3.05) is 29.5 Å². The van der Waals surface area contributed by atoms with Crippen LogP contribution in [-0.2, 0) is 0 Å². The number of hydrogen-bond donors (Lipinski definition) is 2. The first-order chi connectivity index (χ1) is 6.68. The summed E-state index contributed by atoms with van der Waals surface area (Å²) in [6, 6.07) is 0. The molecule has 0 aromatic carbocycles. The minimum absolute atomic E-state index is 0.175. The Balaban J connectivity index is 2.40. The molecule has 0 saturated carbocycles. The van der Waals surface area contributed by atoms with Gasteiger partial charge in [0.15, 0.2) is 5.82 Å². The van der Waals surface area contributed by atoms with Gasteiger partial charge in [-0.2, -0.15) is 9.97 Å². The third-order valence-electron chi connectivity index (χ3n) is 2.28. The fraction of sp³-hybridized carbons (Fsp3) is 0.500. The van der Waals surface area contributed by atoms with Crippen LogP contribution in [0.1, 0.15) is 12.8 Å². The van der Waals surface area contributed by atoms with Crippen LogP contribution in [0.3, 0.4) is 0 Å². The van der Waals surface area contributed by atoms with Gasteiger partial charge in [-0.25, -0.2) is 0 Å². The van der Waals surface area contributed by atoms with E-state index in [2.05, 4.69) is 14.9 Å². The summed E-state index contributed by atoms with van der Waals surface area (Å²) in [6.45, 7) is 1.91. The van der Waals surface area contributed by atoms with Crippen LogP contribution in [0.2, 0.25) is 5.02 Å². The zero-order valence-electron chi connectivity index (χ0n) is 7.70. The second-order valence-electron chi connectivity index (χ2n) is 3.30. The average Bonchev–Trinajstić information content (AvgIpc) is 2.63. The third-order valence-corrected chi connectivity index (χ3v) is 2.64. The van der Waals surface area contributed by atoms with Crippen molar-refractivity contribution in [1.29, 1.82) is 0 Å². The van der Waals surface area contributed by atoms with Gasteiger partial charge in [-0.1, -0.05) is 11.6 Å². The second kappa shape index (κ2) is 3.49. The van der Waals surface area contributed by atoms with Crippen LogP contribution in [0.4, 0.5) is 17.6 Å². The highest BCUT2D eigenvalue weighted by molar-refractivity contribution is 6.35. The molecular weight excluding hydrogens is 202 g/mol. The van der Waals surface area contributed by atoms with Crippen molar-refractivity contribution >= 4 is 29.2 Å². The Morgan fingerprint density at radius 3 is 2.43 bits per heavy atom. The first-order valence-electron chi connectivity index (χ1n) is 4.52. The maximum absolute atomic E-state index is 6.00. The van der Waals surface area contributed by atoms with Gasteiger partial charge in [0.25, 0.3) is 0 Å². The molecule has 0 radical (unpaired) electrons. The van der Waals surface area contributed by atoms with E-state index in [0.29, 0.717) is 10.8 Å². The highest BCUT2D eigenvalue weighted by Gasteiger charge is 2.19. The second-order valence-corrected chi connectivity index (χ2v) is 3.68. The predicted octanol–water partition coefficient (Wildman–Crippen LogP) is 0.895. The molecule has 2 heterocycles. The van der Waals surface area contributed by atoms with Crippen LogP contribution >= 0.6 is 11.6 Å². The summed E-state index contributed by atoms with van der Waals surface area (Å²) in [6.07, 6.45) is 2.31. The number of nitrogens with zero attached hydrogens (tertiary/aromatic N) is 3. The lowest BCUT2D eigenvalue weighted by Crippen LogP contribution is -2.20. The quantitative estimate of drug-likeness (QED) is 0.724. The molecule has 2 rings (SSSR count). The van der Waals surface area contributed by atoms with Crippen molar-refractivity contribution in [3.05, 3.63) is 5.02 Å². The predicted molar refractivity (Wildman–Crippen MR) is 57.3 cm³/mol. The van der Waals surface area contributed by atoms with Crippen molar-refractivity contribution in [3.63, 3.8) is 0 Å². The van der Waals surface area contributed by atoms with Gasteiger partial charge in [-0.3, -0.25) is 0 Å². The topological polar surface area (TPSA) is 81.1 Å². The maximum atomic E-state index is 6.00. The zero-order chi connectivity index (χ0) is 10.1. The standard InChI is InChI=1S/C8H12ClN5/c9-5-6(10)12-8(11)13-7(5)14-3-1-2-4-14/h1-4H2,(H4,10,11,12,13). The highest BCUT2D eigenvalue weighted by atomic mass is 35.5. The Labute approximate surface area is 87.1 Å². The van der Waals surface area contributed by atoms with E-state index < -0.39 is 0 Å². The van der Waals surface area contributed by atoms with E-state index in [9.17, 15) is 0 Å². The first kappa shape index (κ1) is 9.33. The van der Waals surface area contributed by atoms with Crippen molar-refractivity contribution < 1.29 is 0 Å². The van der Waals surface area contributed by atoms with Gasteiger partial charge in [-0.15, -0.1) is 0 Å². The average molecular weight is 214 g/mol. The van der Waals surface area contributed by atoms with Crippen LogP contribution in [0, 0.1) is 0 Å². The van der Waals surface area contributed by atoms with E-state index >= 15 is 0 Å². The summed E-state index contributed by atoms with van der Waals surface area (Å²) in [5, 5.41) is 0.404. The number of halogens is 1. The summed E-state index contributed by atoms with van der Waals surface area (Å²) in [5.41, 5.74) is 11.1. The molecule has 1 aromatic heterocycles. The van der Waals surface area contributed by atoms with Gasteiger partial charge < -0.3 is 16.4 Å². The largest absolute Gasteiger partial charge is 0.382 e. The summed E-state index contributed by atoms with van der Waals surface area (Å²) in [5.74, 6) is 1.09. The van der Waals surface area contributed by atoms with Crippen LogP contribution in [0.25, 0.3) is 0 Å². The Morgan fingerprint density at radius 2 is 1.79 bits per heavy atom. The molecule has 0 bridgehead atoms. The molecule has 1 fully saturated rings. The molecule has 1 aliphatic rings. The number of aromatic nitrogens is 2. The molecule has 5 nitrogen and oxygen atoms in total. The zero-order valence-corrected chi connectivity index (χ0v) is 8.46. The van der Waals surface area contributed by atoms with Gasteiger partial charge in [0.1, 0.15) is 10.8 Å². The van der Waals surface area contributed by atoms with Crippen molar-refractivity contribution in [2.24, 2.45) is 0 Å². The summed E-state index contributed by atoms with van der Waals surface area (Å²) < 4.78 is 0. The molecule has 14 heavy (non-hydrogen) atoms. The molecule has 0 atom stereocenters. The van der Waals surface area contributed by atoms with Crippen molar-refractivity contribution in [2.45, 2.75) is 12.8 Å². The number of nitrogens with two attached hydrogens (primary N) is 2. The summed E-state index contributed by atoms with van der Waals surface area (Å²) >= 11 is 6.00. The monoisotopic (exact) mass is 213 g/mol. The van der Waals surface area contributed by atoms with Crippen LogP contribution < -0.4 is 16.4 Å². The Morgan fingerprint density at radius 1 is 1.14 bits per heavy atom. The Hall–Kier alpha value is -1.23. The van der Waals surface area contributed by atoms with E-state index in [0.717, 1.165) is 25.9 Å². The summed E-state index contributed by atoms with van der Waals surface area (Å²) in [4.78, 5) is 9.97. The highest BCUT2D eigenvalue weighted by Crippen LogP contribution is 2.30. The van der Waals surface area contributed by atoms with Crippen molar-refractivity contribution in [1.82, 2.24) is 9.97 Å². The molecule has 0 aliphatic carbocycles. The van der Waals surface area contributed by atoms with Gasteiger partial charge in [0, 0.05) is 13.1 Å². The lowest BCUT2D eigenvalue weighted by molar-refractivity contribution is 0.933. The molecule has 6 heteroatoms. The smallest absolute Gasteiger partial charge is 0.224 e. The van der Waals surface area contributed by atoms with E-state index in [4.69, 9.17) is 23.1 Å².